The molecule has 9 heteroatoms. The van der Waals surface area contributed by atoms with E-state index in [2.05, 4.69) is 15.5 Å². The van der Waals surface area contributed by atoms with Crippen LogP contribution in [-0.2, 0) is 16.1 Å². The zero-order valence-electron chi connectivity index (χ0n) is 16.2. The molecular weight excluding hydrogens is 393 g/mol. The lowest BCUT2D eigenvalue weighted by Gasteiger charge is -2.18. The molecule has 1 atom stereocenters. The van der Waals surface area contributed by atoms with Crippen molar-refractivity contribution in [2.75, 3.05) is 54.1 Å². The van der Waals surface area contributed by atoms with E-state index in [1.165, 1.54) is 0 Å². The number of nitrogens with one attached hydrogen (secondary N) is 2. The van der Waals surface area contributed by atoms with Crippen LogP contribution >= 0.6 is 24.8 Å². The second-order valence-electron chi connectivity index (χ2n) is 6.18. The third-order valence-corrected chi connectivity index (χ3v) is 4.22. The molecule has 1 amide bonds. The summed E-state index contributed by atoms with van der Waals surface area (Å²) in [5.41, 5.74) is 1.14. The topological polar surface area (TPSA) is 72.1 Å². The minimum absolute atomic E-state index is 0. The molecule has 156 valence electrons. The summed E-state index contributed by atoms with van der Waals surface area (Å²) in [5.74, 6) is 1.62. The van der Waals surface area contributed by atoms with E-state index >= 15 is 0 Å². The molecule has 0 aromatic heterocycles. The molecule has 1 heterocycles. The minimum Gasteiger partial charge on any atom is -0.497 e. The number of nitrogens with zero attached hydrogens (tertiary/aromatic N) is 1. The first-order valence-corrected chi connectivity index (χ1v) is 8.58. The average Bonchev–Trinajstić information content (AvgIpc) is 3.05. The Morgan fingerprint density at radius 1 is 1.15 bits per heavy atom. The van der Waals surface area contributed by atoms with Crippen LogP contribution in [0, 0.1) is 0 Å². The predicted molar refractivity (Wildman–Crippen MR) is 111 cm³/mol. The van der Waals surface area contributed by atoms with Crippen LogP contribution < -0.4 is 20.1 Å². The fourth-order valence-electron chi connectivity index (χ4n) is 2.96. The second kappa shape index (κ2) is 13.8. The standard InChI is InChI=1S/C18H29N3O4.2ClH/c1-23-7-5-19-11-18(22)20-15-4-6-21(13-15)12-14-8-16(24-2)10-17(9-14)25-3;;/h8-10,15,19H,4-7,11-13H2,1-3H3,(H,20,22);2*1H. The first-order chi connectivity index (χ1) is 12.1. The van der Waals surface area contributed by atoms with Crippen molar-refractivity contribution in [3.05, 3.63) is 23.8 Å². The third kappa shape index (κ3) is 8.99. The van der Waals surface area contributed by atoms with Gasteiger partial charge in [-0.05, 0) is 24.1 Å². The number of halogens is 2. The molecule has 1 saturated heterocycles. The zero-order valence-corrected chi connectivity index (χ0v) is 17.8. The highest BCUT2D eigenvalue weighted by Gasteiger charge is 2.23. The SMILES string of the molecule is COCCNCC(=O)NC1CCN(Cc2cc(OC)cc(OC)c2)C1.Cl.Cl. The Hall–Kier alpha value is -1.25. The van der Waals surface area contributed by atoms with Crippen LogP contribution in [0.1, 0.15) is 12.0 Å². The molecule has 0 aliphatic carbocycles. The smallest absolute Gasteiger partial charge is 0.234 e. The second-order valence-corrected chi connectivity index (χ2v) is 6.18. The van der Waals surface area contributed by atoms with Gasteiger partial charge in [0.15, 0.2) is 0 Å². The van der Waals surface area contributed by atoms with E-state index in [0.717, 1.165) is 43.1 Å². The maximum atomic E-state index is 11.9. The highest BCUT2D eigenvalue weighted by atomic mass is 35.5. The van der Waals surface area contributed by atoms with Gasteiger partial charge in [-0.3, -0.25) is 9.69 Å². The van der Waals surface area contributed by atoms with Gasteiger partial charge in [-0.15, -0.1) is 24.8 Å². The highest BCUT2D eigenvalue weighted by Crippen LogP contribution is 2.24. The number of rotatable bonds is 10. The maximum absolute atomic E-state index is 11.9. The van der Waals surface area contributed by atoms with Gasteiger partial charge >= 0.3 is 0 Å². The van der Waals surface area contributed by atoms with Gasteiger partial charge in [0.25, 0.3) is 0 Å². The van der Waals surface area contributed by atoms with Crippen LogP contribution in [0.15, 0.2) is 18.2 Å². The van der Waals surface area contributed by atoms with Crippen molar-refractivity contribution >= 4 is 30.7 Å². The lowest BCUT2D eigenvalue weighted by Crippen LogP contribution is -2.42. The van der Waals surface area contributed by atoms with Gasteiger partial charge in [0.1, 0.15) is 11.5 Å². The highest BCUT2D eigenvalue weighted by molar-refractivity contribution is 5.85. The molecule has 1 aliphatic rings. The number of carbonyl (C=O) groups excluding carboxylic acids is 1. The van der Waals surface area contributed by atoms with E-state index in [-0.39, 0.29) is 36.8 Å². The summed E-state index contributed by atoms with van der Waals surface area (Å²) in [5, 5.41) is 6.14. The molecule has 0 saturated carbocycles. The van der Waals surface area contributed by atoms with Crippen LogP contribution in [-0.4, -0.2) is 71.0 Å². The summed E-state index contributed by atoms with van der Waals surface area (Å²) in [4.78, 5) is 14.3. The Bertz CT molecular complexity index is 541. The molecular formula is C18H31Cl2N3O4. The molecule has 27 heavy (non-hydrogen) atoms. The van der Waals surface area contributed by atoms with Gasteiger partial charge in [-0.25, -0.2) is 0 Å². The lowest BCUT2D eigenvalue weighted by atomic mass is 10.2. The predicted octanol–water partition coefficient (Wildman–Crippen LogP) is 1.47. The molecule has 1 unspecified atom stereocenters. The van der Waals surface area contributed by atoms with E-state index in [1.54, 1.807) is 21.3 Å². The van der Waals surface area contributed by atoms with Crippen LogP contribution in [0.2, 0.25) is 0 Å². The molecule has 0 radical (unpaired) electrons. The molecule has 1 aliphatic heterocycles. The van der Waals surface area contributed by atoms with Crippen molar-refractivity contribution in [3.63, 3.8) is 0 Å². The van der Waals surface area contributed by atoms with Crippen molar-refractivity contribution in [1.82, 2.24) is 15.5 Å². The van der Waals surface area contributed by atoms with Crippen molar-refractivity contribution in [2.24, 2.45) is 0 Å². The van der Waals surface area contributed by atoms with E-state index < -0.39 is 0 Å². The first-order valence-electron chi connectivity index (χ1n) is 8.58. The van der Waals surface area contributed by atoms with Crippen LogP contribution in [0.25, 0.3) is 0 Å². The number of hydrogen-bond acceptors (Lipinski definition) is 6. The molecule has 7 nitrogen and oxygen atoms in total. The Morgan fingerprint density at radius 2 is 1.81 bits per heavy atom. The average molecular weight is 424 g/mol. The van der Waals surface area contributed by atoms with Crippen molar-refractivity contribution < 1.29 is 19.0 Å². The minimum atomic E-state index is 0. The molecule has 2 N–H and O–H groups in total. The molecule has 0 spiro atoms. The Balaban J connectivity index is 0.00000338. The van der Waals surface area contributed by atoms with E-state index in [1.807, 2.05) is 18.2 Å². The summed E-state index contributed by atoms with van der Waals surface area (Å²) in [6.45, 7) is 4.23. The number of carbonyl (C=O) groups is 1. The number of methoxy groups -OCH3 is 3. The summed E-state index contributed by atoms with van der Waals surface area (Å²) >= 11 is 0. The maximum Gasteiger partial charge on any atom is 0.234 e. The Morgan fingerprint density at radius 3 is 2.41 bits per heavy atom. The van der Waals surface area contributed by atoms with Crippen LogP contribution in [0.3, 0.4) is 0 Å². The van der Waals surface area contributed by atoms with Gasteiger partial charge in [0.2, 0.25) is 5.91 Å². The summed E-state index contributed by atoms with van der Waals surface area (Å²) < 4.78 is 15.6. The number of likely N-dealkylation sites (tertiary alicyclic amines) is 1. The summed E-state index contributed by atoms with van der Waals surface area (Å²) in [7, 11) is 4.95. The summed E-state index contributed by atoms with van der Waals surface area (Å²) in [6, 6.07) is 6.11. The Kier molecular flexibility index (Phi) is 13.2. The Labute approximate surface area is 173 Å². The van der Waals surface area contributed by atoms with E-state index in [4.69, 9.17) is 14.2 Å². The van der Waals surface area contributed by atoms with Crippen molar-refractivity contribution in [2.45, 2.75) is 19.0 Å². The monoisotopic (exact) mass is 423 g/mol. The molecule has 2 rings (SSSR count). The lowest BCUT2D eigenvalue weighted by molar-refractivity contribution is -0.120. The molecule has 1 aromatic rings. The molecule has 1 aromatic carbocycles. The number of amides is 1. The van der Waals surface area contributed by atoms with Gasteiger partial charge in [0, 0.05) is 45.4 Å². The molecule has 1 fully saturated rings. The van der Waals surface area contributed by atoms with Crippen LogP contribution in [0.4, 0.5) is 0 Å². The van der Waals surface area contributed by atoms with Gasteiger partial charge in [-0.1, -0.05) is 0 Å². The number of ether oxygens (including phenoxy) is 3. The third-order valence-electron chi connectivity index (χ3n) is 4.22. The fraction of sp³-hybridized carbons (Fsp3) is 0.611. The number of hydrogen-bond donors (Lipinski definition) is 2. The molecule has 0 bridgehead atoms. The van der Waals surface area contributed by atoms with E-state index in [0.29, 0.717) is 19.7 Å². The van der Waals surface area contributed by atoms with Gasteiger partial charge in [-0.2, -0.15) is 0 Å². The van der Waals surface area contributed by atoms with Crippen LogP contribution in [0.5, 0.6) is 11.5 Å². The largest absolute Gasteiger partial charge is 0.497 e. The van der Waals surface area contributed by atoms with Gasteiger partial charge in [0.05, 0.1) is 27.4 Å². The first kappa shape index (κ1) is 25.8. The normalized spacial score (nSPS) is 16.2. The van der Waals surface area contributed by atoms with Gasteiger partial charge < -0.3 is 24.8 Å². The van der Waals surface area contributed by atoms with E-state index in [9.17, 15) is 4.79 Å². The quantitative estimate of drug-likeness (QED) is 0.555. The zero-order chi connectivity index (χ0) is 18.1. The number of benzene rings is 1. The fourth-order valence-corrected chi connectivity index (χ4v) is 2.96. The van der Waals surface area contributed by atoms with Crippen molar-refractivity contribution in [1.29, 1.82) is 0 Å². The summed E-state index contributed by atoms with van der Waals surface area (Å²) in [6.07, 6.45) is 0.963. The van der Waals surface area contributed by atoms with Crippen molar-refractivity contribution in [3.8, 4) is 11.5 Å².